The van der Waals surface area contributed by atoms with Crippen molar-refractivity contribution in [2.45, 2.75) is 12.6 Å². The minimum atomic E-state index is 0.185. The Kier molecular flexibility index (Phi) is 0.801. The van der Waals surface area contributed by atoms with E-state index in [-0.39, 0.29) is 6.17 Å². The highest BCUT2D eigenvalue weighted by Gasteiger charge is 1.97. The van der Waals surface area contributed by atoms with E-state index in [2.05, 4.69) is 5.32 Å². The third-order valence-electron chi connectivity index (χ3n) is 0.818. The second-order valence-corrected chi connectivity index (χ2v) is 1.41. The summed E-state index contributed by atoms with van der Waals surface area (Å²) in [6.45, 7) is 0. The normalized spacial score (nSPS) is 30.5. The van der Waals surface area contributed by atoms with Gasteiger partial charge >= 0.3 is 0 Å². The Morgan fingerprint density at radius 2 is 2.67 bits per heavy atom. The monoisotopic (exact) mass is 84.1 g/mol. The molecule has 1 rings (SSSR count). The van der Waals surface area contributed by atoms with Gasteiger partial charge in [-0.2, -0.15) is 0 Å². The van der Waals surface area contributed by atoms with E-state index in [0.717, 1.165) is 6.42 Å². The number of hydrogen-bond donors (Lipinski definition) is 2. The summed E-state index contributed by atoms with van der Waals surface area (Å²) in [5, 5.41) is 2.92. The third-order valence-corrected chi connectivity index (χ3v) is 0.818. The van der Waals surface area contributed by atoms with Crippen LogP contribution in [0.4, 0.5) is 0 Å². The molecule has 1 aliphatic rings. The fourth-order valence-corrected chi connectivity index (χ4v) is 0.474. The Balaban J connectivity index is 2.32. The number of nitrogens with two attached hydrogens (primary N) is 1. The summed E-state index contributed by atoms with van der Waals surface area (Å²) in [7, 11) is 0. The smallest absolute Gasteiger partial charge is 0.0773 e. The lowest BCUT2D eigenvalue weighted by molar-refractivity contribution is 0.658. The standard InChI is InChI=1S/C4H8N2/c5-4-2-1-3-6-4/h1,3-4,6H,2,5H2. The van der Waals surface area contributed by atoms with Gasteiger partial charge in [0.2, 0.25) is 0 Å². The molecule has 0 aromatic carbocycles. The van der Waals surface area contributed by atoms with Gasteiger partial charge in [-0.15, -0.1) is 0 Å². The summed E-state index contributed by atoms with van der Waals surface area (Å²) < 4.78 is 0. The van der Waals surface area contributed by atoms with Crippen LogP contribution >= 0.6 is 0 Å². The van der Waals surface area contributed by atoms with Gasteiger partial charge in [0.05, 0.1) is 6.17 Å². The Morgan fingerprint density at radius 1 is 1.83 bits per heavy atom. The summed E-state index contributed by atoms with van der Waals surface area (Å²) in [5.41, 5.74) is 5.36. The van der Waals surface area contributed by atoms with E-state index >= 15 is 0 Å². The van der Waals surface area contributed by atoms with Crippen LogP contribution in [0, 0.1) is 0 Å². The van der Waals surface area contributed by atoms with Gasteiger partial charge in [-0.25, -0.2) is 0 Å². The molecule has 0 amide bonds. The Morgan fingerprint density at radius 3 is 2.83 bits per heavy atom. The fourth-order valence-electron chi connectivity index (χ4n) is 0.474. The van der Waals surface area contributed by atoms with Crippen molar-refractivity contribution >= 4 is 0 Å². The zero-order valence-corrected chi connectivity index (χ0v) is 3.52. The zero-order valence-electron chi connectivity index (χ0n) is 3.52. The van der Waals surface area contributed by atoms with Crippen molar-refractivity contribution < 1.29 is 0 Å². The summed E-state index contributed by atoms with van der Waals surface area (Å²) in [6.07, 6.45) is 5.06. The second kappa shape index (κ2) is 1.30. The predicted octanol–water partition coefficient (Wildman–Crippen LogP) is -0.222. The number of hydrogen-bond acceptors (Lipinski definition) is 2. The van der Waals surface area contributed by atoms with Crippen molar-refractivity contribution in [3.8, 4) is 0 Å². The Hall–Kier alpha value is -0.500. The quantitative estimate of drug-likeness (QED) is 0.426. The molecule has 0 radical (unpaired) electrons. The van der Waals surface area contributed by atoms with Crippen LogP contribution in [0.25, 0.3) is 0 Å². The maximum Gasteiger partial charge on any atom is 0.0773 e. The van der Waals surface area contributed by atoms with Crippen LogP contribution in [0.1, 0.15) is 6.42 Å². The van der Waals surface area contributed by atoms with Crippen molar-refractivity contribution in [3.63, 3.8) is 0 Å². The van der Waals surface area contributed by atoms with Crippen molar-refractivity contribution in [3.05, 3.63) is 12.3 Å². The number of rotatable bonds is 0. The largest absolute Gasteiger partial charge is 0.376 e. The van der Waals surface area contributed by atoms with Crippen molar-refractivity contribution in [2.75, 3.05) is 0 Å². The lowest BCUT2D eigenvalue weighted by Crippen LogP contribution is -2.28. The number of nitrogens with one attached hydrogen (secondary N) is 1. The maximum atomic E-state index is 5.36. The molecule has 1 atom stereocenters. The molecule has 0 aliphatic carbocycles. The first-order valence-electron chi connectivity index (χ1n) is 2.06. The molecule has 1 unspecified atom stereocenters. The van der Waals surface area contributed by atoms with Crippen LogP contribution in [0.5, 0.6) is 0 Å². The van der Waals surface area contributed by atoms with Crippen LogP contribution in [-0.4, -0.2) is 6.17 Å². The first-order chi connectivity index (χ1) is 2.89. The third kappa shape index (κ3) is 0.518. The average molecular weight is 84.1 g/mol. The van der Waals surface area contributed by atoms with Crippen LogP contribution < -0.4 is 11.1 Å². The van der Waals surface area contributed by atoms with Gasteiger partial charge in [0.15, 0.2) is 0 Å². The maximum absolute atomic E-state index is 5.36. The van der Waals surface area contributed by atoms with E-state index in [0.29, 0.717) is 0 Å². The molecule has 0 saturated heterocycles. The fraction of sp³-hybridized carbons (Fsp3) is 0.500. The molecule has 3 N–H and O–H groups in total. The van der Waals surface area contributed by atoms with Gasteiger partial charge in [0, 0.05) is 6.42 Å². The molecule has 1 aliphatic heterocycles. The first-order valence-corrected chi connectivity index (χ1v) is 2.06. The molecule has 6 heavy (non-hydrogen) atoms. The molecule has 0 aromatic heterocycles. The summed E-state index contributed by atoms with van der Waals surface area (Å²) >= 11 is 0. The molecular formula is C4H8N2. The Labute approximate surface area is 37.0 Å². The molecule has 34 valence electrons. The van der Waals surface area contributed by atoms with Crippen LogP contribution in [-0.2, 0) is 0 Å². The van der Waals surface area contributed by atoms with Crippen LogP contribution in [0.2, 0.25) is 0 Å². The topological polar surface area (TPSA) is 38.0 Å². The lowest BCUT2D eigenvalue weighted by atomic mass is 10.4. The van der Waals surface area contributed by atoms with E-state index in [4.69, 9.17) is 5.73 Å². The van der Waals surface area contributed by atoms with E-state index in [1.165, 1.54) is 0 Å². The highest BCUT2D eigenvalue weighted by Crippen LogP contribution is 1.91. The van der Waals surface area contributed by atoms with Crippen molar-refractivity contribution in [2.24, 2.45) is 5.73 Å². The van der Waals surface area contributed by atoms with E-state index in [1.807, 2.05) is 12.3 Å². The minimum absolute atomic E-state index is 0.185. The summed E-state index contributed by atoms with van der Waals surface area (Å²) in [6, 6.07) is 0. The van der Waals surface area contributed by atoms with Gasteiger partial charge in [-0.05, 0) is 6.20 Å². The van der Waals surface area contributed by atoms with E-state index < -0.39 is 0 Å². The molecule has 0 saturated carbocycles. The highest BCUT2D eigenvalue weighted by atomic mass is 15.0. The molecule has 0 bridgehead atoms. The van der Waals surface area contributed by atoms with E-state index in [1.54, 1.807) is 0 Å². The predicted molar refractivity (Wildman–Crippen MR) is 24.9 cm³/mol. The van der Waals surface area contributed by atoms with Gasteiger partial charge in [-0.3, -0.25) is 0 Å². The molecule has 0 fully saturated rings. The molecule has 1 heterocycles. The van der Waals surface area contributed by atoms with E-state index in [9.17, 15) is 0 Å². The molecule has 0 spiro atoms. The van der Waals surface area contributed by atoms with Crippen molar-refractivity contribution in [1.82, 2.24) is 5.32 Å². The Bertz CT molecular complexity index is 59.9. The van der Waals surface area contributed by atoms with Crippen LogP contribution in [0.3, 0.4) is 0 Å². The second-order valence-electron chi connectivity index (χ2n) is 1.41. The average Bonchev–Trinajstić information content (AvgIpc) is 1.86. The van der Waals surface area contributed by atoms with Gasteiger partial charge in [0.1, 0.15) is 0 Å². The molecule has 2 nitrogen and oxygen atoms in total. The zero-order chi connectivity index (χ0) is 4.41. The molecular weight excluding hydrogens is 76.1 g/mol. The lowest BCUT2D eigenvalue weighted by Gasteiger charge is -1.97. The minimum Gasteiger partial charge on any atom is -0.376 e. The van der Waals surface area contributed by atoms with Crippen LogP contribution in [0.15, 0.2) is 12.3 Å². The summed E-state index contributed by atoms with van der Waals surface area (Å²) in [4.78, 5) is 0. The van der Waals surface area contributed by atoms with Gasteiger partial charge < -0.3 is 11.1 Å². The van der Waals surface area contributed by atoms with Crippen molar-refractivity contribution in [1.29, 1.82) is 0 Å². The van der Waals surface area contributed by atoms with Gasteiger partial charge in [-0.1, -0.05) is 6.08 Å². The SMILES string of the molecule is NC1CC=CN1. The summed E-state index contributed by atoms with van der Waals surface area (Å²) in [5.74, 6) is 0. The molecule has 2 heteroatoms. The first kappa shape index (κ1) is 3.68. The molecule has 0 aromatic rings. The highest BCUT2D eigenvalue weighted by molar-refractivity contribution is 4.91. The van der Waals surface area contributed by atoms with Gasteiger partial charge in [0.25, 0.3) is 0 Å².